The topological polar surface area (TPSA) is 112 Å². The van der Waals surface area contributed by atoms with E-state index in [9.17, 15) is 13.2 Å². The number of aromatic nitrogens is 3. The number of carbonyl (C=O) groups is 1. The molecule has 0 aliphatic carbocycles. The zero-order valence-corrected chi connectivity index (χ0v) is 23.0. The Balaban J connectivity index is 1.46. The van der Waals surface area contributed by atoms with Crippen molar-refractivity contribution < 1.29 is 13.2 Å². The average molecular weight is 538 g/mol. The van der Waals surface area contributed by atoms with Crippen molar-refractivity contribution in [3.8, 4) is 0 Å². The van der Waals surface area contributed by atoms with Gasteiger partial charge in [0.05, 0.1) is 29.2 Å². The fraction of sp³-hybridized carbons (Fsp3) is 0.481. The highest BCUT2D eigenvalue weighted by Crippen LogP contribution is 2.34. The van der Waals surface area contributed by atoms with Crippen LogP contribution >= 0.6 is 0 Å². The van der Waals surface area contributed by atoms with Crippen molar-refractivity contribution in [2.45, 2.75) is 45.6 Å². The van der Waals surface area contributed by atoms with E-state index in [1.165, 1.54) is 0 Å². The minimum atomic E-state index is -3.54. The van der Waals surface area contributed by atoms with Crippen LogP contribution in [0.5, 0.6) is 0 Å². The number of likely N-dealkylation sites (tertiary alicyclic amines) is 1. The Morgan fingerprint density at radius 3 is 2.76 bits per heavy atom. The van der Waals surface area contributed by atoms with Crippen molar-refractivity contribution in [1.29, 1.82) is 0 Å². The molecule has 2 atom stereocenters. The number of piperidine rings is 1. The van der Waals surface area contributed by atoms with Crippen molar-refractivity contribution in [2.24, 2.45) is 10.9 Å². The summed E-state index contributed by atoms with van der Waals surface area (Å²) in [5.41, 5.74) is 4.11. The van der Waals surface area contributed by atoms with Crippen molar-refractivity contribution in [3.05, 3.63) is 52.8 Å². The van der Waals surface area contributed by atoms with Crippen LogP contribution in [0.3, 0.4) is 0 Å². The highest BCUT2D eigenvalue weighted by molar-refractivity contribution is 7.92. The number of hydrogen-bond donors (Lipinski definition) is 1. The van der Waals surface area contributed by atoms with Gasteiger partial charge in [0.2, 0.25) is 10.0 Å². The first-order chi connectivity index (χ1) is 18.1. The molecule has 10 nitrogen and oxygen atoms in total. The zero-order chi connectivity index (χ0) is 27.0. The van der Waals surface area contributed by atoms with E-state index in [0.717, 1.165) is 79.9 Å². The van der Waals surface area contributed by atoms with Gasteiger partial charge >= 0.3 is 0 Å². The first kappa shape index (κ1) is 26.1. The number of sulfonamides is 1. The lowest BCUT2D eigenvalue weighted by Gasteiger charge is -2.35. The average Bonchev–Trinajstić information content (AvgIpc) is 3.50. The van der Waals surface area contributed by atoms with Crippen molar-refractivity contribution >= 4 is 39.8 Å². The lowest BCUT2D eigenvalue weighted by molar-refractivity contribution is 0.0606. The maximum absolute atomic E-state index is 13.8. The molecule has 0 spiro atoms. The summed E-state index contributed by atoms with van der Waals surface area (Å²) in [5, 5.41) is 4.84. The maximum atomic E-state index is 13.8. The lowest BCUT2D eigenvalue weighted by Crippen LogP contribution is -2.39. The van der Waals surface area contributed by atoms with Gasteiger partial charge in [0.25, 0.3) is 5.91 Å². The number of aryl methyl sites for hydroxylation is 2. The lowest BCUT2D eigenvalue weighted by atomic mass is 9.97. The number of nitrogens with zero attached hydrogens (tertiary/aromatic N) is 6. The van der Waals surface area contributed by atoms with Crippen LogP contribution in [0.25, 0.3) is 5.65 Å². The van der Waals surface area contributed by atoms with E-state index in [1.807, 2.05) is 31.0 Å². The summed E-state index contributed by atoms with van der Waals surface area (Å²) in [5.74, 6) is 1.25. The molecule has 4 heterocycles. The Kier molecular flexibility index (Phi) is 7.13. The smallest absolute Gasteiger partial charge is 0.256 e. The van der Waals surface area contributed by atoms with E-state index in [1.54, 1.807) is 22.7 Å². The van der Waals surface area contributed by atoms with Gasteiger partial charge in [0.15, 0.2) is 5.65 Å². The molecular weight excluding hydrogens is 502 g/mol. The normalized spacial score (nSPS) is 20.2. The Bertz CT molecular complexity index is 1480. The summed E-state index contributed by atoms with van der Waals surface area (Å²) in [6, 6.07) is 6.94. The second kappa shape index (κ2) is 10.4. The molecule has 1 amide bonds. The third-order valence-electron chi connectivity index (χ3n) is 7.40. The number of aliphatic imine (C=N–C) groups is 1. The van der Waals surface area contributed by atoms with Gasteiger partial charge in [-0.2, -0.15) is 5.10 Å². The van der Waals surface area contributed by atoms with Crippen LogP contribution < -0.4 is 9.62 Å². The van der Waals surface area contributed by atoms with Gasteiger partial charge in [-0.05, 0) is 64.3 Å². The van der Waals surface area contributed by atoms with Crippen molar-refractivity contribution in [2.75, 3.05) is 42.1 Å². The first-order valence-electron chi connectivity index (χ1n) is 13.1. The van der Waals surface area contributed by atoms with E-state index >= 15 is 0 Å². The van der Waals surface area contributed by atoms with E-state index in [4.69, 9.17) is 10.1 Å². The predicted molar refractivity (Wildman–Crippen MR) is 150 cm³/mol. The molecule has 0 saturated carbocycles. The number of anilines is 2. The number of benzene rings is 1. The molecule has 3 aromatic rings. The van der Waals surface area contributed by atoms with Crippen molar-refractivity contribution in [3.63, 3.8) is 0 Å². The summed E-state index contributed by atoms with van der Waals surface area (Å²) in [6.45, 7) is 10.8. The Labute approximate surface area is 223 Å². The van der Waals surface area contributed by atoms with E-state index in [-0.39, 0.29) is 11.9 Å². The van der Waals surface area contributed by atoms with E-state index in [0.29, 0.717) is 23.7 Å². The molecule has 2 aromatic heterocycles. The summed E-state index contributed by atoms with van der Waals surface area (Å²) < 4.78 is 28.2. The van der Waals surface area contributed by atoms with Crippen LogP contribution in [-0.4, -0.2) is 73.0 Å². The van der Waals surface area contributed by atoms with Crippen LogP contribution in [-0.2, 0) is 10.0 Å². The van der Waals surface area contributed by atoms with Gasteiger partial charge in [-0.3, -0.25) is 9.52 Å². The number of rotatable bonds is 7. The van der Waals surface area contributed by atoms with Gasteiger partial charge in [-0.15, -0.1) is 0 Å². The van der Waals surface area contributed by atoms with Gasteiger partial charge in [0.1, 0.15) is 5.82 Å². The number of hydrogen-bond acceptors (Lipinski definition) is 7. The van der Waals surface area contributed by atoms with Crippen molar-refractivity contribution in [1.82, 2.24) is 19.5 Å². The molecule has 2 saturated heterocycles. The van der Waals surface area contributed by atoms with E-state index in [2.05, 4.69) is 21.3 Å². The highest BCUT2D eigenvalue weighted by Gasteiger charge is 2.32. The molecule has 11 heteroatoms. The Morgan fingerprint density at radius 2 is 2.00 bits per heavy atom. The molecule has 38 heavy (non-hydrogen) atoms. The second-order valence-corrected chi connectivity index (χ2v) is 12.3. The fourth-order valence-corrected chi connectivity index (χ4v) is 6.20. The van der Waals surface area contributed by atoms with Gasteiger partial charge in [0, 0.05) is 44.0 Å². The molecule has 202 valence electrons. The molecule has 0 bridgehead atoms. The van der Waals surface area contributed by atoms with Gasteiger partial charge < -0.3 is 14.8 Å². The first-order valence-corrected chi connectivity index (χ1v) is 15.0. The molecule has 2 aliphatic rings. The largest absolute Gasteiger partial charge is 0.356 e. The molecular formula is C27H35N7O3S. The summed E-state index contributed by atoms with van der Waals surface area (Å²) in [4.78, 5) is 27.0. The van der Waals surface area contributed by atoms with E-state index < -0.39 is 10.0 Å². The summed E-state index contributed by atoms with van der Waals surface area (Å²) in [7, 11) is -3.54. The fourth-order valence-electron chi connectivity index (χ4n) is 5.62. The van der Waals surface area contributed by atoms with Crippen LogP contribution in [0.2, 0.25) is 0 Å². The number of fused-ring (bicyclic) bond motifs is 1. The number of carbonyl (C=O) groups excluding carboxylic acids is 1. The Morgan fingerprint density at radius 1 is 1.18 bits per heavy atom. The molecule has 1 aromatic carbocycles. The minimum absolute atomic E-state index is 0.203. The molecule has 2 unspecified atom stereocenters. The SMILES string of the molecule is C=NCC1CCN(c2nc3cc(C4CCCCN4C(=O)c4cc(C)ccc4NS(C)(=O)=O)nn3cc2C)C1. The maximum Gasteiger partial charge on any atom is 0.256 e. The molecule has 0 radical (unpaired) electrons. The molecule has 1 N–H and O–H groups in total. The Hall–Kier alpha value is -3.47. The molecule has 5 rings (SSSR count). The van der Waals surface area contributed by atoms with Crippen LogP contribution in [0.15, 0.2) is 35.5 Å². The summed E-state index contributed by atoms with van der Waals surface area (Å²) in [6.07, 6.45) is 6.81. The molecule has 2 aliphatic heterocycles. The monoisotopic (exact) mass is 537 g/mol. The molecule has 2 fully saturated rings. The predicted octanol–water partition coefficient (Wildman–Crippen LogP) is 3.61. The quantitative estimate of drug-likeness (QED) is 0.461. The minimum Gasteiger partial charge on any atom is -0.356 e. The standard InChI is InChI=1S/C27H35N7O3S/c1-18-8-9-22(31-38(4,36)37)21(13-18)27(35)33-11-6-5-7-24(33)23-14-25-29-26(19(2)16-34(25)30-23)32-12-10-20(17-32)15-28-3/h8-9,13-14,16,20,24,31H,3,5-7,10-12,15,17H2,1-2,4H3. The third kappa shape index (κ3) is 5.38. The zero-order valence-electron chi connectivity index (χ0n) is 22.2. The number of amides is 1. The second-order valence-electron chi connectivity index (χ2n) is 10.6. The third-order valence-corrected chi connectivity index (χ3v) is 7.99. The van der Waals surface area contributed by atoms with Gasteiger partial charge in [-0.1, -0.05) is 11.6 Å². The van der Waals surface area contributed by atoms with Crippen LogP contribution in [0.1, 0.15) is 58.9 Å². The highest BCUT2D eigenvalue weighted by atomic mass is 32.2. The van der Waals surface area contributed by atoms with Crippen LogP contribution in [0, 0.1) is 19.8 Å². The van der Waals surface area contributed by atoms with Crippen LogP contribution in [0.4, 0.5) is 11.5 Å². The number of nitrogens with one attached hydrogen (secondary N) is 1. The van der Waals surface area contributed by atoms with Gasteiger partial charge in [-0.25, -0.2) is 17.9 Å². The summed E-state index contributed by atoms with van der Waals surface area (Å²) >= 11 is 0.